The lowest BCUT2D eigenvalue weighted by molar-refractivity contribution is 0.312. The summed E-state index contributed by atoms with van der Waals surface area (Å²) in [6, 6.07) is 2.76. The Labute approximate surface area is 97.9 Å². The van der Waals surface area contributed by atoms with Crippen LogP contribution in [-0.4, -0.2) is 6.54 Å². The maximum absolute atomic E-state index is 3.64. The van der Waals surface area contributed by atoms with Gasteiger partial charge in [-0.25, -0.2) is 0 Å². The second-order valence-electron chi connectivity index (χ2n) is 5.33. The van der Waals surface area contributed by atoms with Crippen molar-refractivity contribution in [1.82, 2.24) is 5.32 Å². The van der Waals surface area contributed by atoms with Crippen molar-refractivity contribution in [2.75, 3.05) is 6.54 Å². The van der Waals surface area contributed by atoms with Crippen LogP contribution in [0.4, 0.5) is 0 Å². The van der Waals surface area contributed by atoms with E-state index in [-0.39, 0.29) is 0 Å². The van der Waals surface area contributed by atoms with E-state index in [0.717, 1.165) is 6.54 Å². The lowest BCUT2D eigenvalue weighted by Gasteiger charge is -2.26. The van der Waals surface area contributed by atoms with Gasteiger partial charge in [0, 0.05) is 6.04 Å². The Morgan fingerprint density at radius 3 is 2.60 bits per heavy atom. The maximum atomic E-state index is 3.64. The molecule has 0 aliphatic carbocycles. The Bertz CT molecular complexity index is 259. The molecule has 2 heteroatoms. The third-order valence-corrected chi connectivity index (χ3v) is 3.10. The molecule has 0 bridgehead atoms. The van der Waals surface area contributed by atoms with Gasteiger partial charge in [-0.2, -0.15) is 11.3 Å². The minimum absolute atomic E-state index is 0.382. The molecule has 0 saturated heterocycles. The van der Waals surface area contributed by atoms with Gasteiger partial charge in [0.25, 0.3) is 0 Å². The zero-order valence-corrected chi connectivity index (χ0v) is 11.2. The van der Waals surface area contributed by atoms with Crippen molar-refractivity contribution in [3.8, 4) is 0 Å². The van der Waals surface area contributed by atoms with Crippen molar-refractivity contribution in [2.45, 2.75) is 46.6 Å². The largest absolute Gasteiger partial charge is 0.310 e. The van der Waals surface area contributed by atoms with Crippen molar-refractivity contribution in [1.29, 1.82) is 0 Å². The summed E-state index contributed by atoms with van der Waals surface area (Å²) in [5, 5.41) is 8.06. The molecule has 0 fully saturated rings. The first-order chi connectivity index (χ1) is 7.03. The summed E-state index contributed by atoms with van der Waals surface area (Å²) in [6.07, 6.45) is 2.40. The van der Waals surface area contributed by atoms with Gasteiger partial charge in [-0.3, -0.25) is 0 Å². The molecule has 86 valence electrons. The lowest BCUT2D eigenvalue weighted by Crippen LogP contribution is -2.26. The monoisotopic (exact) mass is 225 g/mol. The Balaban J connectivity index is 2.62. The Morgan fingerprint density at radius 1 is 1.40 bits per heavy atom. The minimum atomic E-state index is 0.382. The molecule has 1 atom stereocenters. The molecule has 1 nitrogen and oxygen atoms in total. The Hall–Kier alpha value is -0.340. The van der Waals surface area contributed by atoms with E-state index in [9.17, 15) is 0 Å². The van der Waals surface area contributed by atoms with E-state index in [2.05, 4.69) is 49.8 Å². The first-order valence-electron chi connectivity index (χ1n) is 5.78. The molecule has 1 aromatic heterocycles. The predicted molar refractivity (Wildman–Crippen MR) is 69.4 cm³/mol. The molecule has 1 unspecified atom stereocenters. The molecule has 0 saturated carbocycles. The van der Waals surface area contributed by atoms with E-state index in [1.807, 2.05) is 0 Å². The van der Waals surface area contributed by atoms with Gasteiger partial charge in [0.05, 0.1) is 0 Å². The molecular weight excluding hydrogens is 202 g/mol. The number of hydrogen-bond acceptors (Lipinski definition) is 2. The smallest absolute Gasteiger partial charge is 0.0333 e. The molecule has 15 heavy (non-hydrogen) atoms. The topological polar surface area (TPSA) is 12.0 Å². The van der Waals surface area contributed by atoms with Gasteiger partial charge in [-0.05, 0) is 47.2 Å². The summed E-state index contributed by atoms with van der Waals surface area (Å²) in [5.74, 6) is 0. The van der Waals surface area contributed by atoms with E-state index in [1.165, 1.54) is 18.4 Å². The second kappa shape index (κ2) is 5.66. The highest BCUT2D eigenvalue weighted by Gasteiger charge is 2.19. The average Bonchev–Trinajstić information content (AvgIpc) is 2.63. The normalized spacial score (nSPS) is 14.1. The fourth-order valence-corrected chi connectivity index (χ4v) is 2.43. The average molecular weight is 225 g/mol. The van der Waals surface area contributed by atoms with E-state index >= 15 is 0 Å². The van der Waals surface area contributed by atoms with E-state index in [0.29, 0.717) is 11.5 Å². The molecular formula is C13H23NS. The molecule has 1 aromatic rings. The van der Waals surface area contributed by atoms with Crippen LogP contribution >= 0.6 is 11.3 Å². The summed E-state index contributed by atoms with van der Waals surface area (Å²) in [6.45, 7) is 10.2. The number of nitrogens with one attached hydrogen (secondary N) is 1. The first kappa shape index (κ1) is 12.7. The molecule has 0 aliphatic heterocycles. The van der Waals surface area contributed by atoms with Gasteiger partial charge in [0.1, 0.15) is 0 Å². The van der Waals surface area contributed by atoms with E-state index in [1.54, 1.807) is 11.3 Å². The van der Waals surface area contributed by atoms with Gasteiger partial charge in [0.2, 0.25) is 0 Å². The van der Waals surface area contributed by atoms with Crippen molar-refractivity contribution in [3.05, 3.63) is 22.4 Å². The summed E-state index contributed by atoms with van der Waals surface area (Å²) >= 11 is 1.79. The van der Waals surface area contributed by atoms with E-state index < -0.39 is 0 Å². The fraction of sp³-hybridized carbons (Fsp3) is 0.692. The van der Waals surface area contributed by atoms with Gasteiger partial charge >= 0.3 is 0 Å². The second-order valence-corrected chi connectivity index (χ2v) is 6.11. The van der Waals surface area contributed by atoms with Crippen LogP contribution in [0.15, 0.2) is 16.8 Å². The molecule has 1 heterocycles. The number of rotatable bonds is 5. The van der Waals surface area contributed by atoms with Gasteiger partial charge < -0.3 is 5.32 Å². The first-order valence-corrected chi connectivity index (χ1v) is 6.72. The van der Waals surface area contributed by atoms with Crippen LogP contribution in [0.5, 0.6) is 0 Å². The lowest BCUT2D eigenvalue weighted by atomic mass is 9.86. The Morgan fingerprint density at radius 2 is 2.13 bits per heavy atom. The Kier molecular flexibility index (Phi) is 4.81. The van der Waals surface area contributed by atoms with Crippen molar-refractivity contribution in [3.63, 3.8) is 0 Å². The fourth-order valence-electron chi connectivity index (χ4n) is 1.71. The number of hydrogen-bond donors (Lipinski definition) is 1. The standard InChI is InChI=1S/C13H23NS/c1-5-7-14-12(9-13(2,3)4)11-6-8-15-10-11/h6,8,10,12,14H,5,7,9H2,1-4H3. The third kappa shape index (κ3) is 4.80. The third-order valence-electron chi connectivity index (χ3n) is 2.40. The molecule has 0 amide bonds. The minimum Gasteiger partial charge on any atom is -0.310 e. The van der Waals surface area contributed by atoms with Gasteiger partial charge in [0.15, 0.2) is 0 Å². The molecule has 0 radical (unpaired) electrons. The highest BCUT2D eigenvalue weighted by atomic mass is 32.1. The van der Waals surface area contributed by atoms with Crippen LogP contribution in [0.2, 0.25) is 0 Å². The maximum Gasteiger partial charge on any atom is 0.0333 e. The summed E-state index contributed by atoms with van der Waals surface area (Å²) in [7, 11) is 0. The molecule has 1 N–H and O–H groups in total. The van der Waals surface area contributed by atoms with Crippen LogP contribution < -0.4 is 5.32 Å². The van der Waals surface area contributed by atoms with Crippen LogP contribution in [0.1, 0.15) is 52.1 Å². The van der Waals surface area contributed by atoms with Crippen molar-refractivity contribution >= 4 is 11.3 Å². The number of thiophene rings is 1. The van der Waals surface area contributed by atoms with Crippen molar-refractivity contribution in [2.24, 2.45) is 5.41 Å². The predicted octanol–water partition coefficient (Wildman–Crippen LogP) is 4.23. The van der Waals surface area contributed by atoms with Crippen LogP contribution in [0, 0.1) is 5.41 Å². The van der Waals surface area contributed by atoms with Crippen LogP contribution in [0.3, 0.4) is 0 Å². The highest BCUT2D eigenvalue weighted by Crippen LogP contribution is 2.30. The molecule has 0 aromatic carbocycles. The summed E-state index contributed by atoms with van der Waals surface area (Å²) in [4.78, 5) is 0. The highest BCUT2D eigenvalue weighted by molar-refractivity contribution is 7.07. The van der Waals surface area contributed by atoms with Gasteiger partial charge in [-0.1, -0.05) is 27.7 Å². The van der Waals surface area contributed by atoms with E-state index in [4.69, 9.17) is 0 Å². The molecule has 0 aliphatic rings. The molecule has 1 rings (SSSR count). The van der Waals surface area contributed by atoms with Gasteiger partial charge in [-0.15, -0.1) is 0 Å². The summed E-state index contributed by atoms with van der Waals surface area (Å²) < 4.78 is 0. The quantitative estimate of drug-likeness (QED) is 0.791. The molecule has 0 spiro atoms. The van der Waals surface area contributed by atoms with Crippen LogP contribution in [-0.2, 0) is 0 Å². The summed E-state index contributed by atoms with van der Waals surface area (Å²) in [5.41, 5.74) is 1.83. The van der Waals surface area contributed by atoms with Crippen molar-refractivity contribution < 1.29 is 0 Å². The SMILES string of the molecule is CCCNC(CC(C)(C)C)c1ccsc1. The zero-order chi connectivity index (χ0) is 11.3. The van der Waals surface area contributed by atoms with Crippen LogP contribution in [0.25, 0.3) is 0 Å². The zero-order valence-electron chi connectivity index (χ0n) is 10.3.